The highest BCUT2D eigenvalue weighted by atomic mass is 28.3. The summed E-state index contributed by atoms with van der Waals surface area (Å²) >= 11 is 0. The average molecular weight is 484 g/mol. The van der Waals surface area contributed by atoms with Crippen LogP contribution in [0.15, 0.2) is 121 Å². The van der Waals surface area contributed by atoms with E-state index in [1.165, 1.54) is 42.6 Å². The highest BCUT2D eigenvalue weighted by Gasteiger charge is 2.48. The van der Waals surface area contributed by atoms with Crippen LogP contribution in [0.1, 0.15) is 0 Å². The van der Waals surface area contributed by atoms with Crippen LogP contribution in [0.2, 0.25) is 19.6 Å². The van der Waals surface area contributed by atoms with E-state index < -0.39 is 16.1 Å². The minimum Gasteiger partial charge on any atom is -0.256 e. The van der Waals surface area contributed by atoms with E-state index in [0.717, 1.165) is 5.69 Å². The van der Waals surface area contributed by atoms with Crippen LogP contribution >= 0.6 is 0 Å². The van der Waals surface area contributed by atoms with Gasteiger partial charge in [-0.3, -0.25) is 4.98 Å². The molecule has 2 heterocycles. The third-order valence-corrected chi connectivity index (χ3v) is 14.3. The lowest BCUT2D eigenvalue weighted by atomic mass is 10.0. The van der Waals surface area contributed by atoms with Crippen LogP contribution in [-0.2, 0) is 0 Å². The van der Waals surface area contributed by atoms with Crippen molar-refractivity contribution in [2.24, 2.45) is 0 Å². The van der Waals surface area contributed by atoms with Crippen molar-refractivity contribution in [1.29, 1.82) is 0 Å². The number of benzene rings is 4. The lowest BCUT2D eigenvalue weighted by Crippen LogP contribution is -2.72. The van der Waals surface area contributed by atoms with E-state index in [9.17, 15) is 0 Å². The maximum Gasteiger partial charge on any atom is 0.180 e. The highest BCUT2D eigenvalue weighted by Crippen LogP contribution is 2.31. The molecule has 170 valence electrons. The Hall–Kier alpha value is -3.54. The second-order valence-electron chi connectivity index (χ2n) is 10.4. The Morgan fingerprint density at radius 2 is 1.17 bits per heavy atom. The second-order valence-corrected chi connectivity index (χ2v) is 19.2. The van der Waals surface area contributed by atoms with Crippen LogP contribution in [-0.4, -0.2) is 21.1 Å². The van der Waals surface area contributed by atoms with Crippen molar-refractivity contribution in [2.45, 2.75) is 19.6 Å². The van der Waals surface area contributed by atoms with Gasteiger partial charge in [-0.05, 0) is 49.2 Å². The molecule has 1 nitrogen and oxygen atoms in total. The van der Waals surface area contributed by atoms with Crippen LogP contribution < -0.4 is 25.9 Å². The largest absolute Gasteiger partial charge is 0.256 e. The van der Waals surface area contributed by atoms with Gasteiger partial charge in [0.25, 0.3) is 0 Å². The van der Waals surface area contributed by atoms with E-state index in [2.05, 4.69) is 135 Å². The number of aromatic nitrogens is 1. The van der Waals surface area contributed by atoms with Crippen molar-refractivity contribution in [3.63, 3.8) is 0 Å². The lowest BCUT2D eigenvalue weighted by Gasteiger charge is -2.31. The first-order chi connectivity index (χ1) is 17.0. The van der Waals surface area contributed by atoms with E-state index in [-0.39, 0.29) is 0 Å². The molecule has 4 aromatic carbocycles. The molecule has 0 bridgehead atoms. The number of pyridine rings is 1. The third kappa shape index (κ3) is 3.38. The van der Waals surface area contributed by atoms with Gasteiger partial charge in [-0.1, -0.05) is 123 Å². The van der Waals surface area contributed by atoms with Gasteiger partial charge in [0.05, 0.1) is 13.8 Å². The Labute approximate surface area is 210 Å². The summed E-state index contributed by atoms with van der Waals surface area (Å²) in [5.74, 6) is 0. The maximum absolute atomic E-state index is 4.90. The quantitative estimate of drug-likeness (QED) is 0.333. The van der Waals surface area contributed by atoms with Gasteiger partial charge in [0.1, 0.15) is 0 Å². The van der Waals surface area contributed by atoms with Crippen LogP contribution in [0.4, 0.5) is 0 Å². The summed E-state index contributed by atoms with van der Waals surface area (Å²) in [5, 5.41) is 7.25. The van der Waals surface area contributed by atoms with Crippen molar-refractivity contribution in [1.82, 2.24) is 4.98 Å². The zero-order valence-corrected chi connectivity index (χ0v) is 22.5. The molecule has 0 saturated heterocycles. The first-order valence-corrected chi connectivity index (χ1v) is 17.8. The molecule has 35 heavy (non-hydrogen) atoms. The molecule has 0 N–H and O–H groups in total. The molecule has 5 aromatic rings. The number of hydrogen-bond acceptors (Lipinski definition) is 1. The molecule has 0 saturated carbocycles. The summed E-state index contributed by atoms with van der Waals surface area (Å²) in [4.78, 5) is 4.90. The molecule has 3 heteroatoms. The zero-order valence-electron chi connectivity index (χ0n) is 20.5. The maximum atomic E-state index is 4.90. The van der Waals surface area contributed by atoms with Gasteiger partial charge in [-0.2, -0.15) is 0 Å². The van der Waals surface area contributed by atoms with Crippen molar-refractivity contribution in [2.75, 3.05) is 0 Å². The Morgan fingerprint density at radius 3 is 1.83 bits per heavy atom. The molecular formula is C32H29NSi2. The van der Waals surface area contributed by atoms with Gasteiger partial charge in [0, 0.05) is 11.8 Å². The molecule has 0 fully saturated rings. The van der Waals surface area contributed by atoms with Crippen LogP contribution in [0.3, 0.4) is 0 Å². The highest BCUT2D eigenvalue weighted by molar-refractivity contribution is 7.22. The Kier molecular flexibility index (Phi) is 5.20. The van der Waals surface area contributed by atoms with Crippen LogP contribution in [0, 0.1) is 0 Å². The molecule has 0 spiro atoms. The normalized spacial score (nSPS) is 13.8. The SMILES string of the molecule is C[Si](C)(C)c1cccnc1-c1ccc2c(c1)-c1ccccc1[Si]2(c1ccccc1)c1ccccc1. The summed E-state index contributed by atoms with van der Waals surface area (Å²) < 4.78 is 0. The number of hydrogen-bond donors (Lipinski definition) is 0. The fraction of sp³-hybridized carbons (Fsp3) is 0.0938. The molecule has 0 amide bonds. The summed E-state index contributed by atoms with van der Waals surface area (Å²) in [5.41, 5.74) is 5.10. The van der Waals surface area contributed by atoms with Gasteiger partial charge >= 0.3 is 0 Å². The van der Waals surface area contributed by atoms with E-state index in [1.807, 2.05) is 6.20 Å². The van der Waals surface area contributed by atoms with Crippen LogP contribution in [0.5, 0.6) is 0 Å². The summed E-state index contributed by atoms with van der Waals surface area (Å²) in [6.45, 7) is 7.21. The Morgan fingerprint density at radius 1 is 0.571 bits per heavy atom. The predicted octanol–water partition coefficient (Wildman–Crippen LogP) is 4.65. The molecule has 6 rings (SSSR count). The van der Waals surface area contributed by atoms with Crippen molar-refractivity contribution in [3.8, 4) is 22.4 Å². The fourth-order valence-electron chi connectivity index (χ4n) is 5.84. The topological polar surface area (TPSA) is 12.9 Å². The molecular weight excluding hydrogens is 455 g/mol. The fourth-order valence-corrected chi connectivity index (χ4v) is 12.5. The number of nitrogens with zero attached hydrogens (tertiary/aromatic N) is 1. The molecule has 1 aliphatic rings. The van der Waals surface area contributed by atoms with E-state index in [4.69, 9.17) is 4.98 Å². The molecule has 0 atom stereocenters. The molecule has 0 radical (unpaired) electrons. The summed E-state index contributed by atoms with van der Waals surface area (Å²) in [6.07, 6.45) is 1.94. The number of fused-ring (bicyclic) bond motifs is 3. The molecule has 1 aliphatic heterocycles. The minimum absolute atomic E-state index is 1.14. The first kappa shape index (κ1) is 22.0. The minimum atomic E-state index is -2.41. The van der Waals surface area contributed by atoms with Gasteiger partial charge in [-0.25, -0.2) is 0 Å². The van der Waals surface area contributed by atoms with E-state index >= 15 is 0 Å². The van der Waals surface area contributed by atoms with Gasteiger partial charge < -0.3 is 0 Å². The van der Waals surface area contributed by atoms with Gasteiger partial charge in [-0.15, -0.1) is 0 Å². The van der Waals surface area contributed by atoms with Gasteiger partial charge in [0.2, 0.25) is 0 Å². The lowest BCUT2D eigenvalue weighted by molar-refractivity contribution is 1.34. The predicted molar refractivity (Wildman–Crippen MR) is 155 cm³/mol. The molecule has 0 aliphatic carbocycles. The molecule has 1 aromatic heterocycles. The number of rotatable bonds is 4. The smallest absolute Gasteiger partial charge is 0.180 e. The zero-order chi connectivity index (χ0) is 24.0. The van der Waals surface area contributed by atoms with Crippen molar-refractivity contribution >= 4 is 42.1 Å². The summed E-state index contributed by atoms with van der Waals surface area (Å²) in [7, 11) is -3.96. The Bertz CT molecular complexity index is 1480. The molecule has 0 unspecified atom stereocenters. The summed E-state index contributed by atoms with van der Waals surface area (Å²) in [6, 6.07) is 43.0. The Balaban J connectivity index is 1.68. The van der Waals surface area contributed by atoms with Crippen molar-refractivity contribution < 1.29 is 0 Å². The van der Waals surface area contributed by atoms with Crippen LogP contribution in [0.25, 0.3) is 22.4 Å². The van der Waals surface area contributed by atoms with Gasteiger partial charge in [0.15, 0.2) is 8.07 Å². The van der Waals surface area contributed by atoms with E-state index in [0.29, 0.717) is 0 Å². The monoisotopic (exact) mass is 483 g/mol. The first-order valence-electron chi connectivity index (χ1n) is 12.3. The second kappa shape index (κ2) is 8.30. The van der Waals surface area contributed by atoms with E-state index in [1.54, 1.807) is 0 Å². The van der Waals surface area contributed by atoms with Crippen molar-refractivity contribution in [3.05, 3.63) is 121 Å². The third-order valence-electron chi connectivity index (χ3n) is 7.35. The average Bonchev–Trinajstić information content (AvgIpc) is 3.20. The standard InChI is InChI=1S/C32H29NSi2/c1-34(2,3)31-19-12-22-33-32(31)24-20-21-30-28(23-24)27-17-10-11-18-29(27)35(30,25-13-6-4-7-14-25)26-15-8-5-9-16-26/h4-23H,1-3H3.